The molecule has 2 rings (SSSR count). The summed E-state index contributed by atoms with van der Waals surface area (Å²) in [5.74, 6) is 0.679. The Morgan fingerprint density at radius 1 is 1.12 bits per heavy atom. The van der Waals surface area contributed by atoms with Gasteiger partial charge in [-0.3, -0.25) is 0 Å². The molecule has 2 aromatic rings. The second-order valence-electron chi connectivity index (χ2n) is 3.51. The third kappa shape index (κ3) is 2.65. The van der Waals surface area contributed by atoms with Gasteiger partial charge in [0.25, 0.3) is 0 Å². The van der Waals surface area contributed by atoms with Crippen LogP contribution < -0.4 is 5.73 Å². The van der Waals surface area contributed by atoms with Gasteiger partial charge in [0.05, 0.1) is 6.04 Å². The van der Waals surface area contributed by atoms with Crippen LogP contribution in [-0.2, 0) is 6.42 Å². The number of rotatable bonds is 3. The predicted molar refractivity (Wildman–Crippen MR) is 66.8 cm³/mol. The lowest BCUT2D eigenvalue weighted by atomic mass is 10.1. The lowest BCUT2D eigenvalue weighted by Gasteiger charge is -2.10. The SMILES string of the molecule is NC(Cc1ccccc1Br)c1ncccn1. The van der Waals surface area contributed by atoms with Gasteiger partial charge in [0.2, 0.25) is 0 Å². The maximum absolute atomic E-state index is 6.05. The Morgan fingerprint density at radius 3 is 2.50 bits per heavy atom. The molecule has 0 saturated carbocycles. The van der Waals surface area contributed by atoms with Crippen LogP contribution in [0.25, 0.3) is 0 Å². The first-order valence-corrected chi connectivity index (χ1v) is 5.82. The molecule has 0 fully saturated rings. The Balaban J connectivity index is 2.14. The topological polar surface area (TPSA) is 51.8 Å². The summed E-state index contributed by atoms with van der Waals surface area (Å²) in [7, 11) is 0. The van der Waals surface area contributed by atoms with E-state index in [2.05, 4.69) is 25.9 Å². The molecule has 0 aliphatic rings. The molecule has 1 atom stereocenters. The summed E-state index contributed by atoms with van der Waals surface area (Å²) in [5, 5.41) is 0. The molecule has 1 aromatic heterocycles. The molecule has 4 heteroatoms. The van der Waals surface area contributed by atoms with Crippen molar-refractivity contribution in [3.63, 3.8) is 0 Å². The highest BCUT2D eigenvalue weighted by atomic mass is 79.9. The Kier molecular flexibility index (Phi) is 3.64. The minimum Gasteiger partial charge on any atom is -0.321 e. The van der Waals surface area contributed by atoms with E-state index in [1.165, 1.54) is 5.56 Å². The lowest BCUT2D eigenvalue weighted by Crippen LogP contribution is -2.16. The summed E-state index contributed by atoms with van der Waals surface area (Å²) in [6.07, 6.45) is 4.15. The van der Waals surface area contributed by atoms with Gasteiger partial charge in [-0.25, -0.2) is 9.97 Å². The van der Waals surface area contributed by atoms with E-state index in [4.69, 9.17) is 5.73 Å². The lowest BCUT2D eigenvalue weighted by molar-refractivity contribution is 0.665. The van der Waals surface area contributed by atoms with E-state index in [-0.39, 0.29) is 6.04 Å². The Morgan fingerprint density at radius 2 is 1.81 bits per heavy atom. The number of benzene rings is 1. The summed E-state index contributed by atoms with van der Waals surface area (Å²) in [6, 6.07) is 9.66. The maximum atomic E-state index is 6.05. The highest BCUT2D eigenvalue weighted by Gasteiger charge is 2.10. The highest BCUT2D eigenvalue weighted by Crippen LogP contribution is 2.20. The quantitative estimate of drug-likeness (QED) is 0.938. The number of nitrogens with zero attached hydrogens (tertiary/aromatic N) is 2. The van der Waals surface area contributed by atoms with Crippen LogP contribution in [-0.4, -0.2) is 9.97 Å². The number of aromatic nitrogens is 2. The largest absolute Gasteiger partial charge is 0.321 e. The number of hydrogen-bond acceptors (Lipinski definition) is 3. The van der Waals surface area contributed by atoms with Gasteiger partial charge in [0.15, 0.2) is 0 Å². The summed E-state index contributed by atoms with van der Waals surface area (Å²) in [4.78, 5) is 8.31. The molecule has 0 amide bonds. The normalized spacial score (nSPS) is 12.4. The van der Waals surface area contributed by atoms with Gasteiger partial charge in [0.1, 0.15) is 5.82 Å². The molecule has 0 spiro atoms. The van der Waals surface area contributed by atoms with Gasteiger partial charge in [0, 0.05) is 16.9 Å². The van der Waals surface area contributed by atoms with Crippen LogP contribution in [0.5, 0.6) is 0 Å². The third-order valence-electron chi connectivity index (χ3n) is 2.32. The van der Waals surface area contributed by atoms with Gasteiger partial charge in [-0.15, -0.1) is 0 Å². The second-order valence-corrected chi connectivity index (χ2v) is 4.36. The van der Waals surface area contributed by atoms with Crippen LogP contribution in [0, 0.1) is 0 Å². The van der Waals surface area contributed by atoms with E-state index >= 15 is 0 Å². The third-order valence-corrected chi connectivity index (χ3v) is 3.09. The van der Waals surface area contributed by atoms with Crippen LogP contribution in [0.2, 0.25) is 0 Å². The van der Waals surface area contributed by atoms with Crippen LogP contribution in [0.15, 0.2) is 47.2 Å². The molecule has 3 nitrogen and oxygen atoms in total. The summed E-state index contributed by atoms with van der Waals surface area (Å²) in [5.41, 5.74) is 7.22. The van der Waals surface area contributed by atoms with Gasteiger partial charge in [-0.1, -0.05) is 34.1 Å². The number of hydrogen-bond donors (Lipinski definition) is 1. The van der Waals surface area contributed by atoms with Crippen molar-refractivity contribution < 1.29 is 0 Å². The number of nitrogens with two attached hydrogens (primary N) is 1. The molecular formula is C12H12BrN3. The second kappa shape index (κ2) is 5.18. The molecule has 0 radical (unpaired) electrons. The van der Waals surface area contributed by atoms with Gasteiger partial charge in [-0.05, 0) is 24.1 Å². The molecular weight excluding hydrogens is 266 g/mol. The molecule has 1 heterocycles. The fourth-order valence-electron chi connectivity index (χ4n) is 1.49. The van der Waals surface area contributed by atoms with E-state index < -0.39 is 0 Å². The molecule has 82 valence electrons. The molecule has 1 aromatic carbocycles. The predicted octanol–water partition coefficient (Wildman–Crippen LogP) is 2.48. The van der Waals surface area contributed by atoms with Crippen molar-refractivity contribution in [3.8, 4) is 0 Å². The summed E-state index contributed by atoms with van der Waals surface area (Å²) >= 11 is 3.50. The van der Waals surface area contributed by atoms with E-state index in [1.807, 2.05) is 24.3 Å². The summed E-state index contributed by atoms with van der Waals surface area (Å²) < 4.78 is 1.07. The fourth-order valence-corrected chi connectivity index (χ4v) is 1.94. The zero-order chi connectivity index (χ0) is 11.4. The van der Waals surface area contributed by atoms with E-state index in [0.29, 0.717) is 5.82 Å². The van der Waals surface area contributed by atoms with E-state index in [9.17, 15) is 0 Å². The smallest absolute Gasteiger partial charge is 0.145 e. The minimum absolute atomic E-state index is 0.167. The van der Waals surface area contributed by atoms with Crippen molar-refractivity contribution in [1.82, 2.24) is 9.97 Å². The van der Waals surface area contributed by atoms with Crippen LogP contribution >= 0.6 is 15.9 Å². The van der Waals surface area contributed by atoms with Crippen LogP contribution in [0.3, 0.4) is 0 Å². The number of halogens is 1. The Bertz CT molecular complexity index is 459. The highest BCUT2D eigenvalue weighted by molar-refractivity contribution is 9.10. The van der Waals surface area contributed by atoms with Crippen LogP contribution in [0.4, 0.5) is 0 Å². The average molecular weight is 278 g/mol. The Hall–Kier alpha value is -1.26. The first-order chi connectivity index (χ1) is 7.77. The van der Waals surface area contributed by atoms with E-state index in [0.717, 1.165) is 10.9 Å². The van der Waals surface area contributed by atoms with Gasteiger partial charge in [-0.2, -0.15) is 0 Å². The van der Waals surface area contributed by atoms with E-state index in [1.54, 1.807) is 18.5 Å². The monoisotopic (exact) mass is 277 g/mol. The molecule has 1 unspecified atom stereocenters. The molecule has 16 heavy (non-hydrogen) atoms. The molecule has 0 saturated heterocycles. The van der Waals surface area contributed by atoms with Crippen molar-refractivity contribution in [2.75, 3.05) is 0 Å². The van der Waals surface area contributed by atoms with Crippen molar-refractivity contribution in [1.29, 1.82) is 0 Å². The van der Waals surface area contributed by atoms with Gasteiger partial charge < -0.3 is 5.73 Å². The Labute approximate surface area is 103 Å². The fraction of sp³-hybridized carbons (Fsp3) is 0.167. The standard InChI is InChI=1S/C12H12BrN3/c13-10-5-2-1-4-9(10)8-11(14)12-15-6-3-7-16-12/h1-7,11H,8,14H2. The zero-order valence-electron chi connectivity index (χ0n) is 8.68. The van der Waals surface area contributed by atoms with Crippen molar-refractivity contribution in [2.45, 2.75) is 12.5 Å². The molecule has 0 aliphatic carbocycles. The molecule has 0 bridgehead atoms. The van der Waals surface area contributed by atoms with Crippen molar-refractivity contribution >= 4 is 15.9 Å². The summed E-state index contributed by atoms with van der Waals surface area (Å²) in [6.45, 7) is 0. The first kappa shape index (κ1) is 11.2. The average Bonchev–Trinajstić information content (AvgIpc) is 2.33. The maximum Gasteiger partial charge on any atom is 0.145 e. The zero-order valence-corrected chi connectivity index (χ0v) is 10.3. The minimum atomic E-state index is -0.167. The first-order valence-electron chi connectivity index (χ1n) is 5.03. The van der Waals surface area contributed by atoms with Crippen LogP contribution in [0.1, 0.15) is 17.4 Å². The molecule has 0 aliphatic heterocycles. The van der Waals surface area contributed by atoms with Crippen molar-refractivity contribution in [3.05, 3.63) is 58.6 Å². The van der Waals surface area contributed by atoms with Gasteiger partial charge >= 0.3 is 0 Å². The van der Waals surface area contributed by atoms with Crippen molar-refractivity contribution in [2.24, 2.45) is 5.73 Å². The molecule has 2 N–H and O–H groups in total.